The summed E-state index contributed by atoms with van der Waals surface area (Å²) in [6.45, 7) is 28.9. The van der Waals surface area contributed by atoms with Crippen molar-refractivity contribution in [3.8, 4) is 0 Å². The monoisotopic (exact) mass is 635 g/mol. The lowest BCUT2D eigenvalue weighted by atomic mass is 9.32. The first-order valence-corrected chi connectivity index (χ1v) is 18.0. The van der Waals surface area contributed by atoms with Crippen molar-refractivity contribution in [2.45, 2.75) is 119 Å². The number of rotatable bonds is 9. The van der Waals surface area contributed by atoms with E-state index in [0.29, 0.717) is 42.7 Å². The van der Waals surface area contributed by atoms with Crippen LogP contribution in [-0.4, -0.2) is 48.5 Å². The van der Waals surface area contributed by atoms with Crippen LogP contribution in [0.3, 0.4) is 0 Å². The average Bonchev–Trinajstić information content (AvgIpc) is 3.39. The number of allylic oxidation sites excluding steroid dienone is 1. The van der Waals surface area contributed by atoms with Gasteiger partial charge in [0.05, 0.1) is 5.41 Å². The van der Waals surface area contributed by atoms with Crippen molar-refractivity contribution < 1.29 is 23.9 Å². The summed E-state index contributed by atoms with van der Waals surface area (Å²) < 4.78 is 11.7. The Kier molecular flexibility index (Phi) is 9.31. The molecule has 0 unspecified atom stereocenters. The minimum atomic E-state index is -0.437. The Labute approximate surface area is 278 Å². The molecule has 6 nitrogen and oxygen atoms in total. The number of carbonyl (C=O) groups is 3. The Morgan fingerprint density at radius 3 is 2.04 bits per heavy atom. The average molecular weight is 636 g/mol. The molecule has 0 aromatic rings. The second kappa shape index (κ2) is 12.3. The number of hydrogen-bond donors (Lipinski definition) is 0. The van der Waals surface area contributed by atoms with Crippen molar-refractivity contribution in [1.29, 1.82) is 0 Å². The van der Waals surface area contributed by atoms with Crippen LogP contribution in [-0.2, 0) is 23.9 Å². The zero-order chi connectivity index (χ0) is 33.9. The molecule has 1 amide bonds. The van der Waals surface area contributed by atoms with E-state index in [1.165, 1.54) is 19.4 Å². The zero-order valence-corrected chi connectivity index (χ0v) is 29.9. The summed E-state index contributed by atoms with van der Waals surface area (Å²) in [5.41, 5.74) is 0.679. The maximum atomic E-state index is 14.6. The molecular weight excluding hydrogens is 574 g/mol. The molecule has 0 aliphatic heterocycles. The molecule has 0 heterocycles. The number of esters is 2. The van der Waals surface area contributed by atoms with E-state index in [1.54, 1.807) is 0 Å². The standard InChI is InChI=1S/C40H61NO5/c1-11-23-41(24-12-2)35(44)40-20-15-29(26(3)4)34(40)30-13-14-32-36(7)18-17-33(46-28(6)43)37(8,25-45-27(5)42)31(36)16-19-39(32,10)38(30,9)21-22-40/h11-12,29-34H,1-3,13-25H2,4-10H3/t29-,30+,31+,32+,33-,34+,36-,37-,38+,39+,40-/m0/s1. The smallest absolute Gasteiger partial charge is 0.302 e. The fourth-order valence-electron chi connectivity index (χ4n) is 13.0. The lowest BCUT2D eigenvalue weighted by Crippen LogP contribution is -2.68. The molecule has 0 radical (unpaired) electrons. The van der Waals surface area contributed by atoms with Crippen LogP contribution in [0.1, 0.15) is 113 Å². The van der Waals surface area contributed by atoms with Gasteiger partial charge < -0.3 is 14.4 Å². The van der Waals surface area contributed by atoms with Crippen LogP contribution in [0.2, 0.25) is 0 Å². The Bertz CT molecular complexity index is 1260. The van der Waals surface area contributed by atoms with Gasteiger partial charge in [-0.15, -0.1) is 13.2 Å². The summed E-state index contributed by atoms with van der Waals surface area (Å²) in [5.74, 6) is 1.65. The third kappa shape index (κ3) is 5.05. The first-order valence-electron chi connectivity index (χ1n) is 18.0. The molecule has 5 rings (SSSR count). The first-order chi connectivity index (χ1) is 21.6. The van der Waals surface area contributed by atoms with E-state index in [2.05, 4.69) is 54.4 Å². The van der Waals surface area contributed by atoms with Crippen LogP contribution in [0, 0.1) is 56.7 Å². The van der Waals surface area contributed by atoms with E-state index in [9.17, 15) is 14.4 Å². The fraction of sp³-hybridized carbons (Fsp3) is 0.775. The predicted octanol–water partition coefficient (Wildman–Crippen LogP) is 8.32. The molecule has 46 heavy (non-hydrogen) atoms. The molecule has 0 spiro atoms. The number of nitrogens with zero attached hydrogens (tertiary/aromatic N) is 1. The van der Waals surface area contributed by atoms with Gasteiger partial charge >= 0.3 is 11.9 Å². The van der Waals surface area contributed by atoms with E-state index in [0.717, 1.165) is 64.2 Å². The minimum absolute atomic E-state index is 0.0328. The Hall–Kier alpha value is -2.37. The number of hydrogen-bond acceptors (Lipinski definition) is 5. The molecule has 6 heteroatoms. The normalized spacial score (nSPS) is 44.3. The highest BCUT2D eigenvalue weighted by molar-refractivity contribution is 5.84. The second-order valence-electron chi connectivity index (χ2n) is 17.1. The molecular formula is C40H61NO5. The van der Waals surface area contributed by atoms with E-state index in [4.69, 9.17) is 9.47 Å². The van der Waals surface area contributed by atoms with E-state index < -0.39 is 5.41 Å². The van der Waals surface area contributed by atoms with Crippen molar-refractivity contribution >= 4 is 17.8 Å². The number of fused-ring (bicyclic) bond motifs is 7. The van der Waals surface area contributed by atoms with Gasteiger partial charge in [0.25, 0.3) is 0 Å². The van der Waals surface area contributed by atoms with Crippen molar-refractivity contribution in [2.75, 3.05) is 19.7 Å². The zero-order valence-electron chi connectivity index (χ0n) is 29.9. The van der Waals surface area contributed by atoms with Crippen LogP contribution in [0.4, 0.5) is 0 Å². The minimum Gasteiger partial charge on any atom is -0.465 e. The molecule has 5 fully saturated rings. The molecule has 11 atom stereocenters. The summed E-state index contributed by atoms with van der Waals surface area (Å²) in [7, 11) is 0. The quantitative estimate of drug-likeness (QED) is 0.188. The molecule has 0 aromatic carbocycles. The molecule has 5 aliphatic carbocycles. The molecule has 0 saturated heterocycles. The third-order valence-electron chi connectivity index (χ3n) is 15.1. The molecule has 0 bridgehead atoms. The first kappa shape index (κ1) is 35.0. The van der Waals surface area contributed by atoms with Crippen LogP contribution < -0.4 is 0 Å². The number of carbonyl (C=O) groups excluding carboxylic acids is 3. The SMILES string of the molecule is C=CCN(CC=C)C(=O)[C@]12CC[C@@H](C(=C)C)[C@@H]1[C@H]1CC[C@@H]3[C@@]4(C)CC[C@H](OC(C)=O)[C@@](C)(COC(C)=O)[C@@H]4CC[C@@]3(C)[C@]1(C)CC2. The van der Waals surface area contributed by atoms with E-state index >= 15 is 0 Å². The summed E-state index contributed by atoms with van der Waals surface area (Å²) in [6.07, 6.45) is 13.6. The highest BCUT2D eigenvalue weighted by Gasteiger charge is 2.72. The summed E-state index contributed by atoms with van der Waals surface area (Å²) in [6, 6.07) is 0. The van der Waals surface area contributed by atoms with Gasteiger partial charge in [-0.1, -0.05) is 52.0 Å². The highest BCUT2D eigenvalue weighted by Crippen LogP contribution is 2.77. The second-order valence-corrected chi connectivity index (χ2v) is 17.1. The highest BCUT2D eigenvalue weighted by atomic mass is 16.6. The van der Waals surface area contributed by atoms with Crippen molar-refractivity contribution in [3.63, 3.8) is 0 Å². The summed E-state index contributed by atoms with van der Waals surface area (Å²) in [4.78, 5) is 40.9. The van der Waals surface area contributed by atoms with Crippen LogP contribution in [0.25, 0.3) is 0 Å². The van der Waals surface area contributed by atoms with Crippen molar-refractivity contribution in [1.82, 2.24) is 4.90 Å². The largest absolute Gasteiger partial charge is 0.465 e. The van der Waals surface area contributed by atoms with Crippen molar-refractivity contribution in [2.24, 2.45) is 56.7 Å². The van der Waals surface area contributed by atoms with Gasteiger partial charge in [-0.05, 0) is 117 Å². The maximum absolute atomic E-state index is 14.6. The molecule has 5 saturated carbocycles. The van der Waals surface area contributed by atoms with Gasteiger partial charge in [-0.25, -0.2) is 0 Å². The third-order valence-corrected chi connectivity index (χ3v) is 15.1. The topological polar surface area (TPSA) is 72.9 Å². The van der Waals surface area contributed by atoms with Gasteiger partial charge in [0.1, 0.15) is 12.7 Å². The lowest BCUT2D eigenvalue weighted by Gasteiger charge is -2.73. The summed E-state index contributed by atoms with van der Waals surface area (Å²) in [5, 5.41) is 0. The van der Waals surface area contributed by atoms with Crippen molar-refractivity contribution in [3.05, 3.63) is 37.5 Å². The lowest BCUT2D eigenvalue weighted by molar-refractivity contribution is -0.256. The molecule has 5 aliphatic rings. The van der Waals surface area contributed by atoms with Gasteiger partial charge in [0.15, 0.2) is 0 Å². The Morgan fingerprint density at radius 2 is 1.46 bits per heavy atom. The predicted molar refractivity (Wildman–Crippen MR) is 182 cm³/mol. The molecule has 0 aromatic heterocycles. The van der Waals surface area contributed by atoms with Crippen LogP contribution in [0.5, 0.6) is 0 Å². The van der Waals surface area contributed by atoms with E-state index in [1.807, 2.05) is 17.1 Å². The van der Waals surface area contributed by atoms with Gasteiger partial charge in [-0.2, -0.15) is 0 Å². The van der Waals surface area contributed by atoms with Gasteiger partial charge in [0, 0.05) is 32.4 Å². The van der Waals surface area contributed by atoms with Gasteiger partial charge in [-0.3, -0.25) is 14.4 Å². The number of amides is 1. The Balaban J connectivity index is 1.53. The fourth-order valence-corrected chi connectivity index (χ4v) is 13.0. The van der Waals surface area contributed by atoms with Crippen LogP contribution in [0.15, 0.2) is 37.5 Å². The molecule has 256 valence electrons. The van der Waals surface area contributed by atoms with Crippen LogP contribution >= 0.6 is 0 Å². The molecule has 0 N–H and O–H groups in total. The Morgan fingerprint density at radius 1 is 0.783 bits per heavy atom. The van der Waals surface area contributed by atoms with Gasteiger partial charge in [0.2, 0.25) is 5.91 Å². The van der Waals surface area contributed by atoms with E-state index in [-0.39, 0.29) is 52.2 Å². The maximum Gasteiger partial charge on any atom is 0.302 e. The number of ether oxygens (including phenoxy) is 2. The summed E-state index contributed by atoms with van der Waals surface area (Å²) >= 11 is 0.